The van der Waals surface area contributed by atoms with Crippen LogP contribution in [-0.2, 0) is 4.79 Å². The van der Waals surface area contributed by atoms with Crippen molar-refractivity contribution in [2.45, 2.75) is 13.8 Å². The van der Waals surface area contributed by atoms with E-state index in [-0.39, 0.29) is 18.4 Å². The molecule has 4 rings (SSSR count). The first-order valence-corrected chi connectivity index (χ1v) is 10.3. The van der Waals surface area contributed by atoms with Crippen molar-refractivity contribution < 1.29 is 14.3 Å². The summed E-state index contributed by atoms with van der Waals surface area (Å²) < 4.78 is 5.68. The van der Waals surface area contributed by atoms with Gasteiger partial charge >= 0.3 is 0 Å². The van der Waals surface area contributed by atoms with Gasteiger partial charge in [0.05, 0.1) is 0 Å². The Morgan fingerprint density at radius 1 is 0.833 bits per heavy atom. The van der Waals surface area contributed by atoms with Crippen LogP contribution in [0.5, 0.6) is 5.75 Å². The number of piperazine rings is 1. The summed E-state index contributed by atoms with van der Waals surface area (Å²) in [4.78, 5) is 29.2. The van der Waals surface area contributed by atoms with Crippen LogP contribution in [0.15, 0.2) is 60.7 Å². The third-order valence-electron chi connectivity index (χ3n) is 5.78. The highest BCUT2D eigenvalue weighted by Crippen LogP contribution is 2.21. The van der Waals surface area contributed by atoms with Crippen molar-refractivity contribution in [2.24, 2.45) is 0 Å². The van der Waals surface area contributed by atoms with E-state index in [1.54, 1.807) is 4.90 Å². The number of fused-ring (bicyclic) bond motifs is 1. The van der Waals surface area contributed by atoms with Gasteiger partial charge in [-0.3, -0.25) is 9.59 Å². The Morgan fingerprint density at radius 2 is 1.53 bits per heavy atom. The van der Waals surface area contributed by atoms with Gasteiger partial charge in [0.1, 0.15) is 5.75 Å². The molecular weight excluding hydrogens is 376 g/mol. The van der Waals surface area contributed by atoms with Gasteiger partial charge in [0.15, 0.2) is 6.61 Å². The van der Waals surface area contributed by atoms with E-state index in [1.807, 2.05) is 79.4 Å². The molecule has 0 aliphatic carbocycles. The molecule has 0 atom stereocenters. The van der Waals surface area contributed by atoms with Crippen molar-refractivity contribution >= 4 is 22.6 Å². The number of benzene rings is 3. The van der Waals surface area contributed by atoms with Gasteiger partial charge in [-0.05, 0) is 53.9 Å². The predicted octanol–water partition coefficient (Wildman–Crippen LogP) is 3.82. The molecule has 1 aliphatic heterocycles. The second-order valence-electron chi connectivity index (χ2n) is 7.73. The Bertz CT molecular complexity index is 1080. The Morgan fingerprint density at radius 3 is 2.30 bits per heavy atom. The van der Waals surface area contributed by atoms with Crippen LogP contribution < -0.4 is 4.74 Å². The van der Waals surface area contributed by atoms with Gasteiger partial charge in [-0.2, -0.15) is 0 Å². The Labute approximate surface area is 176 Å². The second-order valence-corrected chi connectivity index (χ2v) is 7.73. The first-order chi connectivity index (χ1) is 14.5. The highest BCUT2D eigenvalue weighted by molar-refractivity contribution is 6.07. The number of rotatable bonds is 4. The maximum absolute atomic E-state index is 13.1. The molecule has 30 heavy (non-hydrogen) atoms. The molecule has 5 heteroatoms. The SMILES string of the molecule is Cc1ccc(OCC(=O)N2CCN(C(=O)c3cccc4ccccc34)CC2)cc1C. The minimum atomic E-state index is -0.0505. The van der Waals surface area contributed by atoms with Crippen molar-refractivity contribution in [3.63, 3.8) is 0 Å². The smallest absolute Gasteiger partial charge is 0.260 e. The Kier molecular flexibility index (Phi) is 5.70. The predicted molar refractivity (Wildman–Crippen MR) is 118 cm³/mol. The van der Waals surface area contributed by atoms with E-state index in [9.17, 15) is 9.59 Å². The normalized spacial score (nSPS) is 14.1. The molecule has 3 aromatic rings. The van der Waals surface area contributed by atoms with E-state index in [2.05, 4.69) is 0 Å². The van der Waals surface area contributed by atoms with E-state index in [0.717, 1.165) is 16.3 Å². The van der Waals surface area contributed by atoms with Crippen LogP contribution in [0.4, 0.5) is 0 Å². The molecule has 0 radical (unpaired) electrons. The van der Waals surface area contributed by atoms with E-state index in [4.69, 9.17) is 4.74 Å². The van der Waals surface area contributed by atoms with Crippen molar-refractivity contribution in [1.82, 2.24) is 9.80 Å². The molecule has 0 aromatic heterocycles. The first-order valence-electron chi connectivity index (χ1n) is 10.3. The molecule has 2 amide bonds. The number of aryl methyl sites for hydroxylation is 2. The topological polar surface area (TPSA) is 49.9 Å². The van der Waals surface area contributed by atoms with Crippen LogP contribution in [0, 0.1) is 13.8 Å². The number of hydrogen-bond donors (Lipinski definition) is 0. The lowest BCUT2D eigenvalue weighted by Crippen LogP contribution is -2.51. The number of ether oxygens (including phenoxy) is 1. The molecule has 0 unspecified atom stereocenters. The molecule has 0 saturated carbocycles. The lowest BCUT2D eigenvalue weighted by molar-refractivity contribution is -0.134. The van der Waals surface area contributed by atoms with Crippen LogP contribution in [-0.4, -0.2) is 54.4 Å². The number of hydrogen-bond acceptors (Lipinski definition) is 3. The summed E-state index contributed by atoms with van der Waals surface area (Å²) in [6, 6.07) is 19.5. The number of nitrogens with zero attached hydrogens (tertiary/aromatic N) is 2. The fourth-order valence-corrected chi connectivity index (χ4v) is 3.78. The van der Waals surface area contributed by atoms with E-state index >= 15 is 0 Å². The average molecular weight is 402 g/mol. The van der Waals surface area contributed by atoms with Crippen LogP contribution in [0.3, 0.4) is 0 Å². The first kappa shape index (κ1) is 20.0. The molecule has 1 aliphatic rings. The quantitative estimate of drug-likeness (QED) is 0.667. The molecule has 154 valence electrons. The molecule has 1 saturated heterocycles. The summed E-state index contributed by atoms with van der Waals surface area (Å²) in [5, 5.41) is 2.02. The summed E-state index contributed by atoms with van der Waals surface area (Å²) in [6.07, 6.45) is 0. The van der Waals surface area contributed by atoms with Crippen molar-refractivity contribution in [3.8, 4) is 5.75 Å². The van der Waals surface area contributed by atoms with Gasteiger partial charge < -0.3 is 14.5 Å². The van der Waals surface area contributed by atoms with Crippen LogP contribution >= 0.6 is 0 Å². The van der Waals surface area contributed by atoms with Gasteiger partial charge in [-0.15, -0.1) is 0 Å². The van der Waals surface area contributed by atoms with Gasteiger partial charge in [-0.25, -0.2) is 0 Å². The summed E-state index contributed by atoms with van der Waals surface area (Å²) in [5.41, 5.74) is 3.05. The third kappa shape index (κ3) is 4.15. The van der Waals surface area contributed by atoms with Crippen LogP contribution in [0.2, 0.25) is 0 Å². The lowest BCUT2D eigenvalue weighted by atomic mass is 10.0. The van der Waals surface area contributed by atoms with Crippen molar-refractivity contribution in [3.05, 3.63) is 77.4 Å². The minimum absolute atomic E-state index is 0.0137. The lowest BCUT2D eigenvalue weighted by Gasteiger charge is -2.35. The zero-order valence-corrected chi connectivity index (χ0v) is 17.4. The summed E-state index contributed by atoms with van der Waals surface area (Å²) >= 11 is 0. The number of amides is 2. The number of carbonyl (C=O) groups excluding carboxylic acids is 2. The van der Waals surface area contributed by atoms with Gasteiger partial charge in [0.2, 0.25) is 0 Å². The second kappa shape index (κ2) is 8.57. The molecule has 3 aromatic carbocycles. The minimum Gasteiger partial charge on any atom is -0.484 e. The van der Waals surface area contributed by atoms with Gasteiger partial charge in [-0.1, -0.05) is 42.5 Å². The van der Waals surface area contributed by atoms with E-state index in [0.29, 0.717) is 37.5 Å². The van der Waals surface area contributed by atoms with Crippen LogP contribution in [0.1, 0.15) is 21.5 Å². The van der Waals surface area contributed by atoms with Crippen LogP contribution in [0.25, 0.3) is 10.8 Å². The van der Waals surface area contributed by atoms with E-state index < -0.39 is 0 Å². The standard InChI is InChI=1S/C25H26N2O3/c1-18-10-11-21(16-19(18)2)30-17-24(28)26-12-14-27(15-13-26)25(29)23-9-5-7-20-6-3-4-8-22(20)23/h3-11,16H,12-15,17H2,1-2H3. The molecule has 0 spiro atoms. The van der Waals surface area contributed by atoms with Gasteiger partial charge in [0.25, 0.3) is 11.8 Å². The highest BCUT2D eigenvalue weighted by Gasteiger charge is 2.25. The van der Waals surface area contributed by atoms with Crippen molar-refractivity contribution in [2.75, 3.05) is 32.8 Å². The van der Waals surface area contributed by atoms with E-state index in [1.165, 1.54) is 5.56 Å². The average Bonchev–Trinajstić information content (AvgIpc) is 2.79. The van der Waals surface area contributed by atoms with Gasteiger partial charge in [0, 0.05) is 31.7 Å². The van der Waals surface area contributed by atoms with Crippen molar-refractivity contribution in [1.29, 1.82) is 0 Å². The highest BCUT2D eigenvalue weighted by atomic mass is 16.5. The zero-order valence-electron chi connectivity index (χ0n) is 17.4. The largest absolute Gasteiger partial charge is 0.484 e. The fraction of sp³-hybridized carbons (Fsp3) is 0.280. The molecule has 1 fully saturated rings. The summed E-state index contributed by atoms with van der Waals surface area (Å²) in [5.74, 6) is 0.673. The number of carbonyl (C=O) groups is 2. The molecular formula is C25H26N2O3. The monoisotopic (exact) mass is 402 g/mol. The third-order valence-corrected chi connectivity index (χ3v) is 5.78. The molecule has 0 N–H and O–H groups in total. The molecule has 1 heterocycles. The summed E-state index contributed by atoms with van der Waals surface area (Å²) in [6.45, 7) is 6.17. The molecule has 5 nitrogen and oxygen atoms in total. The summed E-state index contributed by atoms with van der Waals surface area (Å²) in [7, 11) is 0. The fourth-order valence-electron chi connectivity index (χ4n) is 3.78. The Hall–Kier alpha value is -3.34. The maximum Gasteiger partial charge on any atom is 0.260 e. The molecule has 0 bridgehead atoms. The maximum atomic E-state index is 13.1. The Balaban J connectivity index is 1.34. The zero-order chi connectivity index (χ0) is 21.1.